The van der Waals surface area contributed by atoms with E-state index in [2.05, 4.69) is 15.5 Å². The Morgan fingerprint density at radius 3 is 2.59 bits per heavy atom. The Bertz CT molecular complexity index is 1110. The Balaban J connectivity index is 1.39. The fourth-order valence-corrected chi connectivity index (χ4v) is 6.63. The molecule has 1 aliphatic rings. The minimum atomic E-state index is -3.45. The van der Waals surface area contributed by atoms with Crippen LogP contribution in [0.5, 0.6) is 0 Å². The number of carbonyl (C=O) groups excluding carboxylic acids is 1. The maximum atomic E-state index is 13.7. The maximum Gasteiger partial charge on any atom is 0.286 e. The molecule has 1 saturated heterocycles. The third kappa shape index (κ3) is 4.22. The van der Waals surface area contributed by atoms with Gasteiger partial charge in [0.2, 0.25) is 5.01 Å². The first kappa shape index (κ1) is 20.1. The van der Waals surface area contributed by atoms with Crippen LogP contribution in [0, 0.1) is 5.82 Å². The summed E-state index contributed by atoms with van der Waals surface area (Å²) in [4.78, 5) is 12.3. The highest BCUT2D eigenvalue weighted by molar-refractivity contribution is 7.91. The maximum absolute atomic E-state index is 13.7. The van der Waals surface area contributed by atoms with Crippen molar-refractivity contribution in [2.45, 2.75) is 23.0 Å². The second-order valence-corrected chi connectivity index (χ2v) is 10.6. The first-order valence-corrected chi connectivity index (χ1v) is 12.0. The van der Waals surface area contributed by atoms with Crippen molar-refractivity contribution in [1.29, 1.82) is 0 Å². The third-order valence-electron chi connectivity index (χ3n) is 4.65. The van der Waals surface area contributed by atoms with Gasteiger partial charge in [0, 0.05) is 19.0 Å². The van der Waals surface area contributed by atoms with Gasteiger partial charge in [-0.1, -0.05) is 29.5 Å². The predicted molar refractivity (Wildman–Crippen MR) is 109 cm³/mol. The summed E-state index contributed by atoms with van der Waals surface area (Å²) >= 11 is 2.36. The molecule has 1 N–H and O–H groups in total. The molecular weight excluding hydrogens is 435 g/mol. The summed E-state index contributed by atoms with van der Waals surface area (Å²) in [5.41, 5.74) is 0.0846. The van der Waals surface area contributed by atoms with Crippen molar-refractivity contribution in [3.63, 3.8) is 0 Å². The molecule has 0 radical (unpaired) electrons. The molecule has 11 heteroatoms. The Hall–Kier alpha value is -2.21. The van der Waals surface area contributed by atoms with Crippen LogP contribution in [0.15, 0.2) is 46.0 Å². The normalized spacial score (nSPS) is 16.0. The zero-order valence-electron chi connectivity index (χ0n) is 15.1. The van der Waals surface area contributed by atoms with Crippen LogP contribution in [0.4, 0.5) is 10.1 Å². The van der Waals surface area contributed by atoms with Gasteiger partial charge in [-0.2, -0.15) is 4.31 Å². The average molecular weight is 453 g/mol. The number of nitrogens with one attached hydrogen (secondary N) is 1. The smallest absolute Gasteiger partial charge is 0.286 e. The first-order valence-electron chi connectivity index (χ1n) is 8.88. The van der Waals surface area contributed by atoms with E-state index in [1.54, 1.807) is 29.6 Å². The van der Waals surface area contributed by atoms with Gasteiger partial charge in [0.25, 0.3) is 15.9 Å². The Kier molecular flexibility index (Phi) is 5.72. The number of sulfonamides is 1. The van der Waals surface area contributed by atoms with Crippen LogP contribution in [-0.4, -0.2) is 41.9 Å². The Labute approximate surface area is 175 Å². The quantitative estimate of drug-likeness (QED) is 0.639. The number of anilines is 1. The molecule has 4 rings (SSSR count). The predicted octanol–water partition coefficient (Wildman–Crippen LogP) is 3.56. The van der Waals surface area contributed by atoms with Gasteiger partial charge in [0.05, 0.1) is 5.69 Å². The monoisotopic (exact) mass is 452 g/mol. The van der Waals surface area contributed by atoms with Gasteiger partial charge in [0.1, 0.15) is 15.0 Å². The van der Waals surface area contributed by atoms with Crippen LogP contribution in [-0.2, 0) is 10.0 Å². The molecule has 1 fully saturated rings. The number of thiophene rings is 1. The van der Waals surface area contributed by atoms with Gasteiger partial charge >= 0.3 is 0 Å². The van der Waals surface area contributed by atoms with Crippen molar-refractivity contribution in [2.24, 2.45) is 0 Å². The molecule has 3 heterocycles. The molecule has 0 atom stereocenters. The highest BCUT2D eigenvalue weighted by Crippen LogP contribution is 2.33. The van der Waals surface area contributed by atoms with Crippen molar-refractivity contribution in [1.82, 2.24) is 14.5 Å². The lowest BCUT2D eigenvalue weighted by atomic mass is 9.99. The van der Waals surface area contributed by atoms with Gasteiger partial charge in [-0.25, -0.2) is 12.8 Å². The van der Waals surface area contributed by atoms with E-state index in [-0.39, 0.29) is 16.6 Å². The van der Waals surface area contributed by atoms with Crippen LogP contribution >= 0.6 is 22.7 Å². The number of nitrogens with zero attached hydrogens (tertiary/aromatic N) is 3. The van der Waals surface area contributed by atoms with Crippen molar-refractivity contribution in [2.75, 3.05) is 18.4 Å². The average Bonchev–Trinajstić information content (AvgIpc) is 3.42. The van der Waals surface area contributed by atoms with E-state index in [9.17, 15) is 17.6 Å². The van der Waals surface area contributed by atoms with Crippen LogP contribution in [0.3, 0.4) is 0 Å². The molecule has 0 aliphatic carbocycles. The second-order valence-electron chi connectivity index (χ2n) is 6.49. The number of para-hydroxylation sites is 1. The molecule has 1 aliphatic heterocycles. The SMILES string of the molecule is O=C(Nc1ccccc1F)c1nnc(C2CCN(S(=O)(=O)c3cccs3)CC2)s1. The topological polar surface area (TPSA) is 92.3 Å². The number of benzene rings is 1. The highest BCUT2D eigenvalue weighted by atomic mass is 32.2. The van der Waals surface area contributed by atoms with Gasteiger partial charge in [-0.05, 0) is 36.4 Å². The third-order valence-corrected chi connectivity index (χ3v) is 9.01. The van der Waals surface area contributed by atoms with Gasteiger partial charge in [-0.3, -0.25) is 4.79 Å². The number of rotatable bonds is 5. The van der Waals surface area contributed by atoms with E-state index in [0.717, 1.165) is 11.3 Å². The summed E-state index contributed by atoms with van der Waals surface area (Å²) in [7, 11) is -3.45. The highest BCUT2D eigenvalue weighted by Gasteiger charge is 2.32. The molecule has 7 nitrogen and oxygen atoms in total. The number of piperidine rings is 1. The minimum absolute atomic E-state index is 0.0392. The van der Waals surface area contributed by atoms with E-state index in [4.69, 9.17) is 0 Å². The largest absolute Gasteiger partial charge is 0.317 e. The molecule has 0 bridgehead atoms. The lowest BCUT2D eigenvalue weighted by Gasteiger charge is -2.29. The van der Waals surface area contributed by atoms with Crippen LogP contribution in [0.1, 0.15) is 33.6 Å². The zero-order valence-corrected chi connectivity index (χ0v) is 17.6. The van der Waals surface area contributed by atoms with E-state index in [1.165, 1.54) is 27.8 Å². The van der Waals surface area contributed by atoms with Gasteiger partial charge in [0.15, 0.2) is 0 Å². The summed E-state index contributed by atoms with van der Waals surface area (Å²) in [6, 6.07) is 9.23. The molecule has 0 spiro atoms. The molecule has 1 amide bonds. The standard InChI is InChI=1S/C18H17FN4O3S3/c19-13-4-1-2-5-14(13)20-16(24)18-22-21-17(28-18)12-7-9-23(10-8-12)29(25,26)15-6-3-11-27-15/h1-6,11-12H,7-10H2,(H,20,24). The minimum Gasteiger partial charge on any atom is -0.317 e. The summed E-state index contributed by atoms with van der Waals surface area (Å²) in [6.07, 6.45) is 1.21. The van der Waals surface area contributed by atoms with Crippen molar-refractivity contribution >= 4 is 44.3 Å². The molecular formula is C18H17FN4O3S3. The van der Waals surface area contributed by atoms with E-state index >= 15 is 0 Å². The molecule has 29 heavy (non-hydrogen) atoms. The van der Waals surface area contributed by atoms with Crippen molar-refractivity contribution < 1.29 is 17.6 Å². The summed E-state index contributed by atoms with van der Waals surface area (Å²) < 4.78 is 40.8. The lowest BCUT2D eigenvalue weighted by Crippen LogP contribution is -2.37. The molecule has 0 saturated carbocycles. The van der Waals surface area contributed by atoms with Gasteiger partial charge in [-0.15, -0.1) is 21.5 Å². The summed E-state index contributed by atoms with van der Waals surface area (Å²) in [5.74, 6) is -1.00. The second kappa shape index (κ2) is 8.27. The Morgan fingerprint density at radius 2 is 1.90 bits per heavy atom. The lowest BCUT2D eigenvalue weighted by molar-refractivity contribution is 0.102. The van der Waals surface area contributed by atoms with Crippen LogP contribution < -0.4 is 5.32 Å². The van der Waals surface area contributed by atoms with Crippen molar-refractivity contribution in [3.05, 3.63) is 57.6 Å². The fraction of sp³-hybridized carbons (Fsp3) is 0.278. The van der Waals surface area contributed by atoms with Crippen LogP contribution in [0.2, 0.25) is 0 Å². The Morgan fingerprint density at radius 1 is 1.14 bits per heavy atom. The number of hydrogen-bond donors (Lipinski definition) is 1. The number of aromatic nitrogens is 2. The number of amides is 1. The summed E-state index contributed by atoms with van der Waals surface area (Å²) in [6.45, 7) is 0.780. The molecule has 1 aromatic carbocycles. The van der Waals surface area contributed by atoms with E-state index in [1.807, 2.05) is 0 Å². The van der Waals surface area contributed by atoms with E-state index in [0.29, 0.717) is 35.1 Å². The van der Waals surface area contributed by atoms with Crippen molar-refractivity contribution in [3.8, 4) is 0 Å². The fourth-order valence-electron chi connectivity index (χ4n) is 3.11. The number of hydrogen-bond acceptors (Lipinski definition) is 7. The number of carbonyl (C=O) groups is 1. The van der Waals surface area contributed by atoms with Crippen LogP contribution in [0.25, 0.3) is 0 Å². The number of halogens is 1. The first-order chi connectivity index (χ1) is 13.9. The molecule has 3 aromatic rings. The molecule has 152 valence electrons. The molecule has 2 aromatic heterocycles. The molecule has 0 unspecified atom stereocenters. The summed E-state index contributed by atoms with van der Waals surface area (Å²) in [5, 5.41) is 13.1. The zero-order chi connectivity index (χ0) is 20.4. The van der Waals surface area contributed by atoms with E-state index < -0.39 is 21.7 Å². The van der Waals surface area contributed by atoms with Gasteiger partial charge < -0.3 is 5.32 Å².